The minimum atomic E-state index is -0.531. The number of nitrogens with zero attached hydrogens (tertiary/aromatic N) is 1. The van der Waals surface area contributed by atoms with Gasteiger partial charge in [0.15, 0.2) is 0 Å². The van der Waals surface area contributed by atoms with Gasteiger partial charge in [-0.25, -0.2) is 4.79 Å². The lowest BCUT2D eigenvalue weighted by Crippen LogP contribution is -2.41. The second kappa shape index (κ2) is 8.67. The molecule has 122 valence electrons. The number of halogens is 1. The van der Waals surface area contributed by atoms with E-state index in [1.54, 1.807) is 12.1 Å². The summed E-state index contributed by atoms with van der Waals surface area (Å²) in [6.07, 6.45) is 0. The molecule has 0 unspecified atom stereocenters. The Morgan fingerprint density at radius 1 is 1.17 bits per heavy atom. The van der Waals surface area contributed by atoms with Crippen LogP contribution in [-0.2, 0) is 11.3 Å². The summed E-state index contributed by atoms with van der Waals surface area (Å²) in [4.78, 5) is 26.8. The molecule has 1 aromatic heterocycles. The maximum Gasteiger partial charge on any atom is 0.325 e. The number of benzene rings is 1. The maximum absolute atomic E-state index is 12.0. The van der Waals surface area contributed by atoms with Gasteiger partial charge in [-0.2, -0.15) is 0 Å². The van der Waals surface area contributed by atoms with E-state index in [0.717, 1.165) is 9.21 Å². The second-order valence-electron chi connectivity index (χ2n) is 4.88. The first-order valence-corrected chi connectivity index (χ1v) is 8.38. The van der Waals surface area contributed by atoms with Crippen LogP contribution in [0.3, 0.4) is 0 Å². The molecule has 0 saturated carbocycles. The van der Waals surface area contributed by atoms with Crippen molar-refractivity contribution in [1.82, 2.24) is 10.2 Å². The molecule has 1 heterocycles. The van der Waals surface area contributed by atoms with Crippen molar-refractivity contribution in [3.05, 3.63) is 51.7 Å². The first kappa shape index (κ1) is 17.5. The molecule has 0 spiro atoms. The van der Waals surface area contributed by atoms with E-state index in [4.69, 9.17) is 11.6 Å². The van der Waals surface area contributed by atoms with E-state index in [-0.39, 0.29) is 12.5 Å². The van der Waals surface area contributed by atoms with Crippen molar-refractivity contribution >= 4 is 40.6 Å². The highest BCUT2D eigenvalue weighted by Crippen LogP contribution is 2.22. The van der Waals surface area contributed by atoms with Gasteiger partial charge in [0.2, 0.25) is 5.91 Å². The average Bonchev–Trinajstić information content (AvgIpc) is 2.92. The van der Waals surface area contributed by atoms with Crippen molar-refractivity contribution in [2.75, 3.05) is 18.4 Å². The smallest absolute Gasteiger partial charge is 0.308 e. The van der Waals surface area contributed by atoms with Crippen LogP contribution in [0.1, 0.15) is 11.8 Å². The lowest BCUT2D eigenvalue weighted by Gasteiger charge is -2.18. The van der Waals surface area contributed by atoms with Crippen LogP contribution in [0.4, 0.5) is 10.5 Å². The Morgan fingerprint density at radius 3 is 2.52 bits per heavy atom. The summed E-state index contributed by atoms with van der Waals surface area (Å²) >= 11 is 7.39. The van der Waals surface area contributed by atoms with E-state index in [9.17, 15) is 9.59 Å². The number of urea groups is 1. The Bertz CT molecular complexity index is 660. The third kappa shape index (κ3) is 6.02. The first-order chi connectivity index (χ1) is 11.1. The highest BCUT2D eigenvalue weighted by Gasteiger charge is 2.13. The number of amides is 3. The van der Waals surface area contributed by atoms with Crippen LogP contribution in [0.2, 0.25) is 4.34 Å². The molecule has 1 aromatic carbocycles. The maximum atomic E-state index is 12.0. The van der Waals surface area contributed by atoms with Gasteiger partial charge in [-0.1, -0.05) is 36.7 Å². The number of rotatable bonds is 6. The topological polar surface area (TPSA) is 61.4 Å². The summed E-state index contributed by atoms with van der Waals surface area (Å²) in [6, 6.07) is 12.2. The van der Waals surface area contributed by atoms with Crippen LogP contribution in [0.25, 0.3) is 0 Å². The fourth-order valence-electron chi connectivity index (χ4n) is 1.99. The monoisotopic (exact) mass is 351 g/mol. The number of carbonyl (C=O) groups excluding carboxylic acids is 2. The molecule has 2 N–H and O–H groups in total. The highest BCUT2D eigenvalue weighted by atomic mass is 35.5. The van der Waals surface area contributed by atoms with E-state index in [0.29, 0.717) is 18.8 Å². The molecule has 23 heavy (non-hydrogen) atoms. The first-order valence-electron chi connectivity index (χ1n) is 7.19. The largest absolute Gasteiger partial charge is 0.325 e. The van der Waals surface area contributed by atoms with Crippen molar-refractivity contribution < 1.29 is 9.59 Å². The van der Waals surface area contributed by atoms with Crippen LogP contribution < -0.4 is 10.6 Å². The predicted octanol–water partition coefficient (Wildman–Crippen LogP) is 3.57. The number of carbonyl (C=O) groups is 2. The summed E-state index contributed by atoms with van der Waals surface area (Å²) in [5.41, 5.74) is 0.637. The number of thiophene rings is 1. The number of likely N-dealkylation sites (N-methyl/N-ethyl adjacent to an activating group) is 1. The number of anilines is 1. The fourth-order valence-corrected chi connectivity index (χ4v) is 3.12. The Labute approximate surface area is 144 Å². The van der Waals surface area contributed by atoms with Gasteiger partial charge in [0.25, 0.3) is 0 Å². The Morgan fingerprint density at radius 2 is 1.91 bits per heavy atom. The summed E-state index contributed by atoms with van der Waals surface area (Å²) < 4.78 is 0.725. The van der Waals surface area contributed by atoms with Gasteiger partial charge < -0.3 is 5.32 Å². The molecule has 0 aliphatic carbocycles. The zero-order chi connectivity index (χ0) is 16.7. The second-order valence-corrected chi connectivity index (χ2v) is 6.68. The zero-order valence-corrected chi connectivity index (χ0v) is 14.3. The van der Waals surface area contributed by atoms with Gasteiger partial charge in [-0.15, -0.1) is 11.3 Å². The van der Waals surface area contributed by atoms with Crippen molar-refractivity contribution in [3.63, 3.8) is 0 Å². The minimum absolute atomic E-state index is 0.147. The van der Waals surface area contributed by atoms with Crippen LogP contribution in [0.5, 0.6) is 0 Å². The van der Waals surface area contributed by atoms with Crippen LogP contribution in [0, 0.1) is 0 Å². The quantitative estimate of drug-likeness (QED) is 0.836. The highest BCUT2D eigenvalue weighted by molar-refractivity contribution is 7.16. The van der Waals surface area contributed by atoms with Crippen molar-refractivity contribution in [2.45, 2.75) is 13.5 Å². The molecule has 7 heteroatoms. The Balaban J connectivity index is 1.81. The van der Waals surface area contributed by atoms with E-state index >= 15 is 0 Å². The molecular weight excluding hydrogens is 334 g/mol. The normalized spacial score (nSPS) is 10.6. The lowest BCUT2D eigenvalue weighted by atomic mass is 10.3. The van der Waals surface area contributed by atoms with Crippen LogP contribution in [-0.4, -0.2) is 29.9 Å². The molecule has 5 nitrogen and oxygen atoms in total. The molecule has 0 fully saturated rings. The van der Waals surface area contributed by atoms with Crippen LogP contribution in [0.15, 0.2) is 42.5 Å². The lowest BCUT2D eigenvalue weighted by molar-refractivity contribution is -0.121. The predicted molar refractivity (Wildman–Crippen MR) is 93.9 cm³/mol. The zero-order valence-electron chi connectivity index (χ0n) is 12.7. The molecule has 0 bridgehead atoms. The third-order valence-electron chi connectivity index (χ3n) is 3.11. The molecule has 2 aromatic rings. The fraction of sp³-hybridized carbons (Fsp3) is 0.250. The standard InChI is InChI=1S/C16H18ClN3O2S/c1-2-20(10-13-8-9-14(17)23-13)11-15(21)19-16(22)18-12-6-4-3-5-7-12/h3-9H,2,10-11H2,1H3,(H2,18,19,21,22). The van der Waals surface area contributed by atoms with Crippen molar-refractivity contribution in [1.29, 1.82) is 0 Å². The summed E-state index contributed by atoms with van der Waals surface area (Å²) in [5, 5.41) is 4.94. The molecular formula is C16H18ClN3O2S. The summed E-state index contributed by atoms with van der Waals surface area (Å²) in [6.45, 7) is 3.44. The number of imide groups is 1. The molecule has 0 aliphatic rings. The molecule has 3 amide bonds. The summed E-state index contributed by atoms with van der Waals surface area (Å²) in [7, 11) is 0. The third-order valence-corrected chi connectivity index (χ3v) is 4.32. The average molecular weight is 352 g/mol. The SMILES string of the molecule is CCN(CC(=O)NC(=O)Nc1ccccc1)Cc1ccc(Cl)s1. The summed E-state index contributed by atoms with van der Waals surface area (Å²) in [5.74, 6) is -0.345. The van der Waals surface area contributed by atoms with Gasteiger partial charge in [0.1, 0.15) is 0 Å². The van der Waals surface area contributed by atoms with Gasteiger partial charge >= 0.3 is 6.03 Å². The van der Waals surface area contributed by atoms with E-state index in [2.05, 4.69) is 10.6 Å². The molecule has 2 rings (SSSR count). The van der Waals surface area contributed by atoms with E-state index in [1.165, 1.54) is 11.3 Å². The van der Waals surface area contributed by atoms with Gasteiger partial charge in [-0.3, -0.25) is 15.0 Å². The molecule has 0 aliphatic heterocycles. The molecule has 0 saturated heterocycles. The number of nitrogens with one attached hydrogen (secondary N) is 2. The van der Waals surface area contributed by atoms with Gasteiger partial charge in [-0.05, 0) is 30.8 Å². The van der Waals surface area contributed by atoms with E-state index in [1.807, 2.05) is 42.2 Å². The Kier molecular flexibility index (Phi) is 6.58. The molecule has 0 radical (unpaired) electrons. The van der Waals surface area contributed by atoms with Crippen molar-refractivity contribution in [2.24, 2.45) is 0 Å². The number of para-hydroxylation sites is 1. The minimum Gasteiger partial charge on any atom is -0.308 e. The van der Waals surface area contributed by atoms with E-state index < -0.39 is 6.03 Å². The number of hydrogen-bond acceptors (Lipinski definition) is 4. The number of hydrogen-bond donors (Lipinski definition) is 2. The Hall–Kier alpha value is -1.89. The van der Waals surface area contributed by atoms with Crippen LogP contribution >= 0.6 is 22.9 Å². The molecule has 0 atom stereocenters. The van der Waals surface area contributed by atoms with Gasteiger partial charge in [0.05, 0.1) is 10.9 Å². The van der Waals surface area contributed by atoms with Gasteiger partial charge in [0, 0.05) is 17.1 Å². The van der Waals surface area contributed by atoms with Crippen molar-refractivity contribution in [3.8, 4) is 0 Å².